The van der Waals surface area contributed by atoms with E-state index < -0.39 is 0 Å². The number of nitrogens with one attached hydrogen (secondary N) is 1. The van der Waals surface area contributed by atoms with Crippen LogP contribution in [0.4, 0.5) is 0 Å². The van der Waals surface area contributed by atoms with E-state index >= 15 is 0 Å². The van der Waals surface area contributed by atoms with Gasteiger partial charge < -0.3 is 14.6 Å². The lowest BCUT2D eigenvalue weighted by molar-refractivity contribution is 0.201. The Labute approximate surface area is 173 Å². The van der Waals surface area contributed by atoms with Crippen molar-refractivity contribution in [1.82, 2.24) is 25.0 Å². The SMILES string of the molecule is c1ccc(OC2CCCC2)c(CN2CCc3nnc(C4CCNCC4)n3CC2)c1. The molecular formula is C23H33N5O. The predicted molar refractivity (Wildman–Crippen MR) is 113 cm³/mol. The van der Waals surface area contributed by atoms with Gasteiger partial charge >= 0.3 is 0 Å². The van der Waals surface area contributed by atoms with Crippen LogP contribution in [0.25, 0.3) is 0 Å². The molecule has 0 radical (unpaired) electrons. The normalized spacial score (nSPS) is 21.8. The summed E-state index contributed by atoms with van der Waals surface area (Å²) in [5.74, 6) is 4.02. The molecule has 2 fully saturated rings. The second-order valence-corrected chi connectivity index (χ2v) is 8.81. The maximum absolute atomic E-state index is 6.36. The fourth-order valence-electron chi connectivity index (χ4n) is 5.11. The molecule has 2 aliphatic heterocycles. The van der Waals surface area contributed by atoms with Crippen molar-refractivity contribution >= 4 is 0 Å². The van der Waals surface area contributed by atoms with Gasteiger partial charge in [0.25, 0.3) is 0 Å². The van der Waals surface area contributed by atoms with Crippen LogP contribution in [0.1, 0.15) is 61.7 Å². The van der Waals surface area contributed by atoms with Gasteiger partial charge in [-0.15, -0.1) is 10.2 Å². The molecule has 6 heteroatoms. The van der Waals surface area contributed by atoms with Crippen LogP contribution in [-0.4, -0.2) is 51.9 Å². The summed E-state index contributed by atoms with van der Waals surface area (Å²) >= 11 is 0. The average molecular weight is 396 g/mol. The molecule has 5 rings (SSSR count). The zero-order valence-corrected chi connectivity index (χ0v) is 17.4. The van der Waals surface area contributed by atoms with E-state index in [4.69, 9.17) is 4.74 Å². The van der Waals surface area contributed by atoms with E-state index in [0.29, 0.717) is 12.0 Å². The molecule has 1 N–H and O–H groups in total. The van der Waals surface area contributed by atoms with Crippen LogP contribution in [-0.2, 0) is 19.5 Å². The fraction of sp³-hybridized carbons (Fsp3) is 0.652. The Bertz CT molecular complexity index is 807. The standard InChI is InChI=1S/C23H33N5O/c1-4-8-21(29-20-6-2-3-7-20)19(5-1)17-27-14-11-22-25-26-23(28(22)16-15-27)18-9-12-24-13-10-18/h1,4-5,8,18,20,24H,2-3,6-7,9-17H2. The van der Waals surface area contributed by atoms with Crippen molar-refractivity contribution in [3.63, 3.8) is 0 Å². The minimum absolute atomic E-state index is 0.406. The first-order chi connectivity index (χ1) is 14.4. The summed E-state index contributed by atoms with van der Waals surface area (Å²) in [6, 6.07) is 8.62. The van der Waals surface area contributed by atoms with E-state index in [1.807, 2.05) is 0 Å². The highest BCUT2D eigenvalue weighted by Crippen LogP contribution is 2.28. The van der Waals surface area contributed by atoms with Gasteiger partial charge in [-0.1, -0.05) is 18.2 Å². The number of piperidine rings is 1. The first kappa shape index (κ1) is 19.1. The van der Waals surface area contributed by atoms with Gasteiger partial charge in [0.15, 0.2) is 0 Å². The number of nitrogens with zero attached hydrogens (tertiary/aromatic N) is 4. The lowest BCUT2D eigenvalue weighted by Crippen LogP contribution is -2.29. The van der Waals surface area contributed by atoms with Crippen LogP contribution >= 0.6 is 0 Å². The number of aromatic nitrogens is 3. The summed E-state index contributed by atoms with van der Waals surface area (Å²) in [5, 5.41) is 12.6. The molecule has 1 saturated heterocycles. The third-order valence-corrected chi connectivity index (χ3v) is 6.81. The molecule has 0 bridgehead atoms. The van der Waals surface area contributed by atoms with Gasteiger partial charge in [0, 0.05) is 44.1 Å². The third-order valence-electron chi connectivity index (χ3n) is 6.81. The maximum atomic E-state index is 6.36. The summed E-state index contributed by atoms with van der Waals surface area (Å²) in [5.41, 5.74) is 1.32. The molecule has 29 heavy (non-hydrogen) atoms. The van der Waals surface area contributed by atoms with Crippen LogP contribution in [0.15, 0.2) is 24.3 Å². The Morgan fingerprint density at radius 2 is 1.79 bits per heavy atom. The Morgan fingerprint density at radius 1 is 0.966 bits per heavy atom. The molecule has 6 nitrogen and oxygen atoms in total. The summed E-state index contributed by atoms with van der Waals surface area (Å²) < 4.78 is 8.78. The summed E-state index contributed by atoms with van der Waals surface area (Å²) in [6.45, 7) is 6.20. The van der Waals surface area contributed by atoms with Crippen LogP contribution in [0.2, 0.25) is 0 Å². The van der Waals surface area contributed by atoms with Crippen molar-refractivity contribution in [1.29, 1.82) is 0 Å². The minimum atomic E-state index is 0.406. The molecule has 1 aliphatic carbocycles. The number of hydrogen-bond donors (Lipinski definition) is 1. The molecule has 0 atom stereocenters. The van der Waals surface area contributed by atoms with Gasteiger partial charge in [-0.3, -0.25) is 4.90 Å². The molecule has 156 valence electrons. The van der Waals surface area contributed by atoms with Crippen molar-refractivity contribution in [2.24, 2.45) is 0 Å². The van der Waals surface area contributed by atoms with Gasteiger partial charge in [0.2, 0.25) is 0 Å². The predicted octanol–water partition coefficient (Wildman–Crippen LogP) is 3.12. The summed E-state index contributed by atoms with van der Waals surface area (Å²) in [7, 11) is 0. The topological polar surface area (TPSA) is 55.2 Å². The molecule has 1 aromatic carbocycles. The van der Waals surface area contributed by atoms with E-state index in [9.17, 15) is 0 Å². The van der Waals surface area contributed by atoms with E-state index in [-0.39, 0.29) is 0 Å². The summed E-state index contributed by atoms with van der Waals surface area (Å²) in [4.78, 5) is 2.55. The molecule has 3 aliphatic rings. The van der Waals surface area contributed by atoms with E-state index in [1.54, 1.807) is 0 Å². The first-order valence-corrected chi connectivity index (χ1v) is 11.5. The second-order valence-electron chi connectivity index (χ2n) is 8.81. The third kappa shape index (κ3) is 4.33. The molecule has 3 heterocycles. The number of ether oxygens (including phenoxy) is 1. The highest BCUT2D eigenvalue weighted by Gasteiger charge is 2.25. The lowest BCUT2D eigenvalue weighted by Gasteiger charge is -2.24. The largest absolute Gasteiger partial charge is 0.490 e. The van der Waals surface area contributed by atoms with E-state index in [2.05, 4.69) is 49.2 Å². The maximum Gasteiger partial charge on any atom is 0.136 e. The molecular weight excluding hydrogens is 362 g/mol. The van der Waals surface area contributed by atoms with Crippen molar-refractivity contribution < 1.29 is 4.74 Å². The highest BCUT2D eigenvalue weighted by atomic mass is 16.5. The van der Waals surface area contributed by atoms with Crippen molar-refractivity contribution in [2.75, 3.05) is 26.2 Å². The van der Waals surface area contributed by atoms with E-state index in [0.717, 1.165) is 57.3 Å². The number of benzene rings is 1. The highest BCUT2D eigenvalue weighted by molar-refractivity contribution is 5.33. The van der Waals surface area contributed by atoms with Crippen molar-refractivity contribution in [3.05, 3.63) is 41.5 Å². The number of fused-ring (bicyclic) bond motifs is 1. The molecule has 0 amide bonds. The van der Waals surface area contributed by atoms with E-state index in [1.165, 1.54) is 49.9 Å². The van der Waals surface area contributed by atoms with Crippen LogP contribution in [0.5, 0.6) is 5.75 Å². The quantitative estimate of drug-likeness (QED) is 0.843. The van der Waals surface area contributed by atoms with Crippen molar-refractivity contribution in [2.45, 2.75) is 70.1 Å². The molecule has 2 aromatic rings. The lowest BCUT2D eigenvalue weighted by atomic mass is 9.97. The Kier molecular flexibility index (Phi) is 5.81. The van der Waals surface area contributed by atoms with Gasteiger partial charge in [0.1, 0.15) is 17.4 Å². The average Bonchev–Trinajstić information content (AvgIpc) is 3.37. The number of para-hydroxylation sites is 1. The van der Waals surface area contributed by atoms with Crippen LogP contribution in [0.3, 0.4) is 0 Å². The molecule has 0 spiro atoms. The van der Waals surface area contributed by atoms with Gasteiger partial charge in [-0.2, -0.15) is 0 Å². The van der Waals surface area contributed by atoms with Gasteiger partial charge in [0.05, 0.1) is 6.10 Å². The van der Waals surface area contributed by atoms with Crippen molar-refractivity contribution in [3.8, 4) is 5.75 Å². The number of rotatable bonds is 5. The smallest absolute Gasteiger partial charge is 0.136 e. The Morgan fingerprint density at radius 3 is 2.66 bits per heavy atom. The second kappa shape index (κ2) is 8.84. The zero-order valence-electron chi connectivity index (χ0n) is 17.4. The Hall–Kier alpha value is -1.92. The van der Waals surface area contributed by atoms with Crippen LogP contribution in [0, 0.1) is 0 Å². The summed E-state index contributed by atoms with van der Waals surface area (Å²) in [6.07, 6.45) is 8.74. The van der Waals surface area contributed by atoms with Crippen LogP contribution < -0.4 is 10.1 Å². The molecule has 1 saturated carbocycles. The minimum Gasteiger partial charge on any atom is -0.490 e. The zero-order chi connectivity index (χ0) is 19.5. The number of hydrogen-bond acceptors (Lipinski definition) is 5. The Balaban J connectivity index is 1.25. The monoisotopic (exact) mass is 395 g/mol. The van der Waals surface area contributed by atoms with Gasteiger partial charge in [-0.25, -0.2) is 0 Å². The molecule has 0 unspecified atom stereocenters. The molecule has 1 aromatic heterocycles. The fourth-order valence-corrected chi connectivity index (χ4v) is 5.11. The van der Waals surface area contributed by atoms with Gasteiger partial charge in [-0.05, 0) is 57.7 Å². The first-order valence-electron chi connectivity index (χ1n) is 11.5.